The second kappa shape index (κ2) is 6.93. The number of nitrogens with zero attached hydrogens (tertiary/aromatic N) is 1. The number of phenolic OH excluding ortho intramolecular Hbond substituents is 1. The van der Waals surface area contributed by atoms with Crippen LogP contribution in [0.4, 0.5) is 0 Å². The molecule has 1 unspecified atom stereocenters. The number of benzene rings is 1. The Bertz CT molecular complexity index is 546. The van der Waals surface area contributed by atoms with Crippen molar-refractivity contribution in [2.45, 2.75) is 31.7 Å². The standard InChI is InChI=1S/C15H18BrNO4/c1-21-14(19)9-11-4-2-3-7-17(11)15(20)10-5-6-12(16)13(18)8-10/h5-6,8,11,18H,2-4,7,9H2,1H3. The highest BCUT2D eigenvalue weighted by atomic mass is 79.9. The highest BCUT2D eigenvalue weighted by Gasteiger charge is 2.29. The Hall–Kier alpha value is -1.56. The number of esters is 1. The van der Waals surface area contributed by atoms with Crippen LogP contribution in [0.15, 0.2) is 22.7 Å². The van der Waals surface area contributed by atoms with E-state index in [0.717, 1.165) is 19.3 Å². The molecule has 5 nitrogen and oxygen atoms in total. The fourth-order valence-corrected chi connectivity index (χ4v) is 2.81. The zero-order valence-corrected chi connectivity index (χ0v) is 13.4. The lowest BCUT2D eigenvalue weighted by molar-refractivity contribution is -0.142. The minimum absolute atomic E-state index is 0.0300. The molecule has 1 atom stereocenters. The van der Waals surface area contributed by atoms with E-state index in [0.29, 0.717) is 16.6 Å². The smallest absolute Gasteiger partial charge is 0.307 e. The average molecular weight is 356 g/mol. The highest BCUT2D eigenvalue weighted by molar-refractivity contribution is 9.10. The predicted molar refractivity (Wildman–Crippen MR) is 81.1 cm³/mol. The monoisotopic (exact) mass is 355 g/mol. The molecule has 6 heteroatoms. The Morgan fingerprint density at radius 3 is 2.86 bits per heavy atom. The van der Waals surface area contributed by atoms with Gasteiger partial charge in [-0.25, -0.2) is 0 Å². The normalized spacial score (nSPS) is 18.4. The van der Waals surface area contributed by atoms with Crippen LogP contribution >= 0.6 is 15.9 Å². The summed E-state index contributed by atoms with van der Waals surface area (Å²) in [4.78, 5) is 25.8. The SMILES string of the molecule is COC(=O)CC1CCCCN1C(=O)c1ccc(Br)c(O)c1. The van der Waals surface area contributed by atoms with Crippen LogP contribution in [0.5, 0.6) is 5.75 Å². The first kappa shape index (κ1) is 15.8. The summed E-state index contributed by atoms with van der Waals surface area (Å²) in [5, 5.41) is 9.71. The van der Waals surface area contributed by atoms with Gasteiger partial charge < -0.3 is 14.7 Å². The lowest BCUT2D eigenvalue weighted by atomic mass is 9.98. The zero-order valence-electron chi connectivity index (χ0n) is 11.8. The maximum atomic E-state index is 12.6. The molecule has 114 valence electrons. The van der Waals surface area contributed by atoms with Gasteiger partial charge in [-0.15, -0.1) is 0 Å². The van der Waals surface area contributed by atoms with Crippen molar-refractivity contribution in [3.05, 3.63) is 28.2 Å². The summed E-state index contributed by atoms with van der Waals surface area (Å²) in [5.74, 6) is -0.438. The lowest BCUT2D eigenvalue weighted by Gasteiger charge is -2.35. The fourth-order valence-electron chi connectivity index (χ4n) is 2.57. The van der Waals surface area contributed by atoms with Crippen molar-refractivity contribution in [3.63, 3.8) is 0 Å². The van der Waals surface area contributed by atoms with Crippen LogP contribution in [0.1, 0.15) is 36.0 Å². The largest absolute Gasteiger partial charge is 0.507 e. The van der Waals surface area contributed by atoms with Crippen LogP contribution in [0.3, 0.4) is 0 Å². The van der Waals surface area contributed by atoms with Gasteiger partial charge in [0.25, 0.3) is 5.91 Å². The van der Waals surface area contributed by atoms with Crippen LogP contribution in [0.25, 0.3) is 0 Å². The summed E-state index contributed by atoms with van der Waals surface area (Å²) in [5.41, 5.74) is 0.424. The average Bonchev–Trinajstić information content (AvgIpc) is 2.49. The summed E-state index contributed by atoms with van der Waals surface area (Å²) in [6.07, 6.45) is 2.93. The molecule has 1 aliphatic rings. The van der Waals surface area contributed by atoms with Crippen molar-refractivity contribution in [1.29, 1.82) is 0 Å². The number of hydrogen-bond donors (Lipinski definition) is 1. The van der Waals surface area contributed by atoms with E-state index in [1.165, 1.54) is 13.2 Å². The maximum absolute atomic E-state index is 12.6. The van der Waals surface area contributed by atoms with Gasteiger partial charge in [-0.05, 0) is 53.4 Å². The van der Waals surface area contributed by atoms with Crippen LogP contribution in [0, 0.1) is 0 Å². The molecule has 1 aromatic carbocycles. The Balaban J connectivity index is 2.17. The number of amides is 1. The first-order valence-electron chi connectivity index (χ1n) is 6.89. The van der Waals surface area contributed by atoms with Gasteiger partial charge in [0.05, 0.1) is 18.0 Å². The van der Waals surface area contributed by atoms with E-state index in [1.54, 1.807) is 17.0 Å². The molecule has 1 fully saturated rings. The van der Waals surface area contributed by atoms with E-state index in [1.807, 2.05) is 0 Å². The van der Waals surface area contributed by atoms with E-state index >= 15 is 0 Å². The van der Waals surface area contributed by atoms with Gasteiger partial charge in [0.15, 0.2) is 0 Å². The number of likely N-dealkylation sites (tertiary alicyclic amines) is 1. The number of halogens is 1. The Kier molecular flexibility index (Phi) is 5.22. The van der Waals surface area contributed by atoms with E-state index < -0.39 is 0 Å². The molecule has 0 aliphatic carbocycles. The minimum Gasteiger partial charge on any atom is -0.507 e. The third-order valence-electron chi connectivity index (χ3n) is 3.71. The van der Waals surface area contributed by atoms with Gasteiger partial charge in [-0.1, -0.05) is 0 Å². The molecule has 0 aromatic heterocycles. The van der Waals surface area contributed by atoms with Crippen molar-refractivity contribution in [2.75, 3.05) is 13.7 Å². The molecule has 1 saturated heterocycles. The third kappa shape index (κ3) is 3.75. The number of carbonyl (C=O) groups is 2. The number of hydrogen-bond acceptors (Lipinski definition) is 4. The van der Waals surface area contributed by atoms with Gasteiger partial charge in [0, 0.05) is 18.2 Å². The van der Waals surface area contributed by atoms with Gasteiger partial charge in [-0.3, -0.25) is 9.59 Å². The number of aromatic hydroxyl groups is 1. The number of piperidine rings is 1. The molecular formula is C15H18BrNO4. The van der Waals surface area contributed by atoms with Crippen molar-refractivity contribution in [2.24, 2.45) is 0 Å². The molecule has 0 saturated carbocycles. The van der Waals surface area contributed by atoms with Gasteiger partial charge in [0.2, 0.25) is 0 Å². The number of rotatable bonds is 3. The summed E-state index contributed by atoms with van der Waals surface area (Å²) in [7, 11) is 1.35. The number of methoxy groups -OCH3 is 1. The number of carbonyl (C=O) groups excluding carboxylic acids is 2. The number of phenols is 1. The van der Waals surface area contributed by atoms with Crippen molar-refractivity contribution in [3.8, 4) is 5.75 Å². The Morgan fingerprint density at radius 1 is 1.43 bits per heavy atom. The lowest BCUT2D eigenvalue weighted by Crippen LogP contribution is -2.44. The molecule has 0 bridgehead atoms. The van der Waals surface area contributed by atoms with Gasteiger partial charge >= 0.3 is 5.97 Å². The first-order valence-corrected chi connectivity index (χ1v) is 7.68. The van der Waals surface area contributed by atoms with Crippen LogP contribution in [0.2, 0.25) is 0 Å². The summed E-state index contributed by atoms with van der Waals surface area (Å²) in [6.45, 7) is 0.622. The van der Waals surface area contributed by atoms with E-state index in [-0.39, 0.29) is 30.1 Å². The van der Waals surface area contributed by atoms with Crippen LogP contribution < -0.4 is 0 Å². The first-order chi connectivity index (χ1) is 10.0. The molecule has 1 N–H and O–H groups in total. The summed E-state index contributed by atoms with van der Waals surface area (Å²) in [6, 6.07) is 4.61. The quantitative estimate of drug-likeness (QED) is 0.846. The maximum Gasteiger partial charge on any atom is 0.307 e. The van der Waals surface area contributed by atoms with Crippen molar-refractivity contribution >= 4 is 27.8 Å². The molecular weight excluding hydrogens is 338 g/mol. The Labute approximate surface area is 132 Å². The fraction of sp³-hybridized carbons (Fsp3) is 0.467. The molecule has 21 heavy (non-hydrogen) atoms. The summed E-state index contributed by atoms with van der Waals surface area (Å²) >= 11 is 3.19. The zero-order chi connectivity index (χ0) is 15.4. The molecule has 2 rings (SSSR count). The van der Waals surface area contributed by atoms with E-state index in [4.69, 9.17) is 4.74 Å². The molecule has 1 aliphatic heterocycles. The van der Waals surface area contributed by atoms with E-state index in [9.17, 15) is 14.7 Å². The summed E-state index contributed by atoms with van der Waals surface area (Å²) < 4.78 is 5.24. The Morgan fingerprint density at radius 2 is 2.19 bits per heavy atom. The van der Waals surface area contributed by atoms with E-state index in [2.05, 4.69) is 15.9 Å². The molecule has 0 spiro atoms. The van der Waals surface area contributed by atoms with Gasteiger partial charge in [0.1, 0.15) is 5.75 Å². The predicted octanol–water partition coefficient (Wildman–Crippen LogP) is 2.71. The second-order valence-electron chi connectivity index (χ2n) is 5.09. The van der Waals surface area contributed by atoms with Gasteiger partial charge in [-0.2, -0.15) is 0 Å². The molecule has 1 aromatic rings. The third-order valence-corrected chi connectivity index (χ3v) is 4.38. The number of ether oxygens (including phenoxy) is 1. The van der Waals surface area contributed by atoms with Crippen molar-refractivity contribution < 1.29 is 19.4 Å². The highest BCUT2D eigenvalue weighted by Crippen LogP contribution is 2.27. The van der Waals surface area contributed by atoms with Crippen LogP contribution in [-0.4, -0.2) is 41.6 Å². The molecule has 0 radical (unpaired) electrons. The van der Waals surface area contributed by atoms with Crippen molar-refractivity contribution in [1.82, 2.24) is 4.90 Å². The molecule has 1 amide bonds. The van der Waals surface area contributed by atoms with Crippen LogP contribution in [-0.2, 0) is 9.53 Å². The molecule has 1 heterocycles. The topological polar surface area (TPSA) is 66.8 Å². The minimum atomic E-state index is -0.307. The second-order valence-corrected chi connectivity index (χ2v) is 5.95.